The molecular formula is C18H17FN4O2. The molecule has 3 rings (SSSR count). The van der Waals surface area contributed by atoms with Crippen molar-refractivity contribution in [3.05, 3.63) is 53.5 Å². The van der Waals surface area contributed by atoms with Gasteiger partial charge in [0.15, 0.2) is 0 Å². The molecule has 0 radical (unpaired) electrons. The summed E-state index contributed by atoms with van der Waals surface area (Å²) >= 11 is 0. The molecule has 7 heteroatoms. The van der Waals surface area contributed by atoms with Crippen molar-refractivity contribution < 1.29 is 13.9 Å². The Hall–Kier alpha value is -3.14. The molecule has 1 aliphatic rings. The molecule has 0 spiro atoms. The maximum atomic E-state index is 13.0. The highest BCUT2D eigenvalue weighted by molar-refractivity contribution is 5.80. The van der Waals surface area contributed by atoms with Gasteiger partial charge in [0.05, 0.1) is 18.8 Å². The Morgan fingerprint density at radius 2 is 2.16 bits per heavy atom. The van der Waals surface area contributed by atoms with Gasteiger partial charge in [-0.25, -0.2) is 9.37 Å². The van der Waals surface area contributed by atoms with E-state index in [1.807, 2.05) is 0 Å². The van der Waals surface area contributed by atoms with Gasteiger partial charge in [0.2, 0.25) is 11.8 Å². The topological polar surface area (TPSA) is 78.2 Å². The molecule has 0 saturated carbocycles. The molecule has 1 unspecified atom stereocenters. The predicted octanol–water partition coefficient (Wildman–Crippen LogP) is 2.31. The Balaban J connectivity index is 1.69. The van der Waals surface area contributed by atoms with E-state index < -0.39 is 0 Å². The molecule has 1 saturated heterocycles. The third kappa shape index (κ3) is 3.69. The fourth-order valence-corrected chi connectivity index (χ4v) is 2.88. The summed E-state index contributed by atoms with van der Waals surface area (Å²) in [4.78, 5) is 18.0. The number of carbonyl (C=O) groups is 1. The van der Waals surface area contributed by atoms with Crippen molar-refractivity contribution in [1.29, 1.82) is 5.26 Å². The Morgan fingerprint density at radius 1 is 1.40 bits per heavy atom. The zero-order valence-corrected chi connectivity index (χ0v) is 13.7. The number of ether oxygens (including phenoxy) is 1. The van der Waals surface area contributed by atoms with Gasteiger partial charge in [-0.05, 0) is 23.8 Å². The summed E-state index contributed by atoms with van der Waals surface area (Å²) in [6, 6.07) is 9.75. The third-order valence-corrected chi connectivity index (χ3v) is 4.08. The van der Waals surface area contributed by atoms with Gasteiger partial charge in [-0.15, -0.1) is 0 Å². The number of anilines is 1. The van der Waals surface area contributed by atoms with E-state index in [1.54, 1.807) is 29.3 Å². The summed E-state index contributed by atoms with van der Waals surface area (Å²) in [6.07, 6.45) is 1.88. The summed E-state index contributed by atoms with van der Waals surface area (Å²) in [5.41, 5.74) is 1.78. The number of amides is 1. The number of likely N-dealkylation sites (tertiary alicyclic amines) is 1. The Labute approximate surface area is 144 Å². The molecule has 1 amide bonds. The van der Waals surface area contributed by atoms with Crippen LogP contribution in [0.4, 0.5) is 10.1 Å². The lowest BCUT2D eigenvalue weighted by molar-refractivity contribution is -0.128. The Morgan fingerprint density at radius 3 is 2.84 bits per heavy atom. The highest BCUT2D eigenvalue weighted by atomic mass is 19.1. The van der Waals surface area contributed by atoms with Gasteiger partial charge in [0, 0.05) is 25.7 Å². The maximum absolute atomic E-state index is 13.0. The first-order valence-electron chi connectivity index (χ1n) is 7.82. The number of rotatable bonds is 5. The molecular weight excluding hydrogens is 323 g/mol. The first-order valence-corrected chi connectivity index (χ1v) is 7.82. The smallest absolute Gasteiger partial charge is 0.233 e. The van der Waals surface area contributed by atoms with Crippen LogP contribution in [-0.4, -0.2) is 35.5 Å². The fraction of sp³-hybridized carbons (Fsp3) is 0.278. The van der Waals surface area contributed by atoms with Gasteiger partial charge < -0.3 is 15.0 Å². The third-order valence-electron chi connectivity index (χ3n) is 4.08. The van der Waals surface area contributed by atoms with Crippen LogP contribution in [0.3, 0.4) is 0 Å². The fourth-order valence-electron chi connectivity index (χ4n) is 2.88. The SMILES string of the molecule is COc1nccc(NC2CC(=O)N(Cc3ccc(F)cc3)C2)c1C#N. The van der Waals surface area contributed by atoms with Crippen LogP contribution in [0.15, 0.2) is 36.5 Å². The van der Waals surface area contributed by atoms with E-state index >= 15 is 0 Å². The molecule has 0 aliphatic carbocycles. The van der Waals surface area contributed by atoms with Crippen molar-refractivity contribution in [2.75, 3.05) is 19.0 Å². The maximum Gasteiger partial charge on any atom is 0.233 e. The molecule has 0 bridgehead atoms. The number of hydrogen-bond donors (Lipinski definition) is 1. The predicted molar refractivity (Wildman–Crippen MR) is 89.3 cm³/mol. The van der Waals surface area contributed by atoms with Gasteiger partial charge in [-0.3, -0.25) is 4.79 Å². The Bertz CT molecular complexity index is 817. The summed E-state index contributed by atoms with van der Waals surface area (Å²) in [7, 11) is 1.45. The van der Waals surface area contributed by atoms with Crippen LogP contribution in [0, 0.1) is 17.1 Å². The van der Waals surface area contributed by atoms with Gasteiger partial charge in [0.1, 0.15) is 17.4 Å². The number of pyridine rings is 1. The molecule has 2 heterocycles. The van der Waals surface area contributed by atoms with Crippen molar-refractivity contribution in [3.8, 4) is 11.9 Å². The molecule has 6 nitrogen and oxygen atoms in total. The zero-order chi connectivity index (χ0) is 17.8. The second-order valence-corrected chi connectivity index (χ2v) is 5.80. The van der Waals surface area contributed by atoms with Crippen LogP contribution in [0.5, 0.6) is 5.88 Å². The highest BCUT2D eigenvalue weighted by Crippen LogP contribution is 2.26. The first-order chi connectivity index (χ1) is 12.1. The number of nitriles is 1. The number of hydrogen-bond acceptors (Lipinski definition) is 5. The number of carbonyl (C=O) groups excluding carboxylic acids is 1. The quantitative estimate of drug-likeness (QED) is 0.904. The molecule has 1 aromatic heterocycles. The standard InChI is InChI=1S/C18H17FN4O2/c1-25-18-15(9-20)16(6-7-21-18)22-14-8-17(24)23(11-14)10-12-2-4-13(19)5-3-12/h2-7,14H,8,10-11H2,1H3,(H,21,22). The Kier molecular flexibility index (Phi) is 4.80. The number of methoxy groups -OCH3 is 1. The lowest BCUT2D eigenvalue weighted by Gasteiger charge is -2.18. The molecule has 1 atom stereocenters. The molecule has 25 heavy (non-hydrogen) atoms. The van der Waals surface area contributed by atoms with E-state index in [0.29, 0.717) is 30.8 Å². The largest absolute Gasteiger partial charge is 0.480 e. The monoisotopic (exact) mass is 340 g/mol. The second-order valence-electron chi connectivity index (χ2n) is 5.80. The van der Waals surface area contributed by atoms with E-state index in [2.05, 4.69) is 16.4 Å². The normalized spacial score (nSPS) is 16.6. The molecule has 1 aromatic carbocycles. The number of halogens is 1. The molecule has 128 valence electrons. The van der Waals surface area contributed by atoms with Crippen molar-refractivity contribution in [1.82, 2.24) is 9.88 Å². The minimum atomic E-state index is -0.299. The summed E-state index contributed by atoms with van der Waals surface area (Å²) < 4.78 is 18.1. The number of aromatic nitrogens is 1. The number of nitrogens with zero attached hydrogens (tertiary/aromatic N) is 3. The van der Waals surface area contributed by atoms with E-state index in [9.17, 15) is 14.4 Å². The zero-order valence-electron chi connectivity index (χ0n) is 13.7. The number of benzene rings is 1. The summed E-state index contributed by atoms with van der Waals surface area (Å²) in [5, 5.41) is 12.5. The highest BCUT2D eigenvalue weighted by Gasteiger charge is 2.30. The van der Waals surface area contributed by atoms with E-state index in [1.165, 1.54) is 19.2 Å². The molecule has 2 aromatic rings. The van der Waals surface area contributed by atoms with Crippen LogP contribution in [0.25, 0.3) is 0 Å². The van der Waals surface area contributed by atoms with Crippen LogP contribution < -0.4 is 10.1 Å². The summed E-state index contributed by atoms with van der Waals surface area (Å²) in [5.74, 6) is -0.0342. The summed E-state index contributed by atoms with van der Waals surface area (Å²) in [6.45, 7) is 0.938. The van der Waals surface area contributed by atoms with Crippen LogP contribution in [0.1, 0.15) is 17.5 Å². The molecule has 1 N–H and O–H groups in total. The van der Waals surface area contributed by atoms with Crippen LogP contribution in [-0.2, 0) is 11.3 Å². The average Bonchev–Trinajstić information content (AvgIpc) is 2.95. The lowest BCUT2D eigenvalue weighted by atomic mass is 10.2. The number of nitrogens with one attached hydrogen (secondary N) is 1. The first kappa shape index (κ1) is 16.7. The van der Waals surface area contributed by atoms with Crippen molar-refractivity contribution in [2.45, 2.75) is 19.0 Å². The van der Waals surface area contributed by atoms with Crippen molar-refractivity contribution in [3.63, 3.8) is 0 Å². The van der Waals surface area contributed by atoms with Gasteiger partial charge >= 0.3 is 0 Å². The van der Waals surface area contributed by atoms with Crippen molar-refractivity contribution in [2.24, 2.45) is 0 Å². The molecule has 1 aliphatic heterocycles. The van der Waals surface area contributed by atoms with Crippen molar-refractivity contribution >= 4 is 11.6 Å². The molecule has 1 fully saturated rings. The lowest BCUT2D eigenvalue weighted by Crippen LogP contribution is -2.27. The van der Waals surface area contributed by atoms with Gasteiger partial charge in [-0.1, -0.05) is 12.1 Å². The van der Waals surface area contributed by atoms with E-state index in [4.69, 9.17) is 4.74 Å². The minimum absolute atomic E-state index is 0.0151. The van der Waals surface area contributed by atoms with Crippen LogP contribution in [0.2, 0.25) is 0 Å². The minimum Gasteiger partial charge on any atom is -0.480 e. The second kappa shape index (κ2) is 7.18. The van der Waals surface area contributed by atoms with E-state index in [0.717, 1.165) is 5.56 Å². The van der Waals surface area contributed by atoms with Gasteiger partial charge in [0.25, 0.3) is 0 Å². The van der Waals surface area contributed by atoms with Crippen LogP contribution >= 0.6 is 0 Å². The average molecular weight is 340 g/mol. The van der Waals surface area contributed by atoms with Gasteiger partial charge in [-0.2, -0.15) is 5.26 Å². The van der Waals surface area contributed by atoms with E-state index in [-0.39, 0.29) is 23.6 Å².